The van der Waals surface area contributed by atoms with E-state index in [2.05, 4.69) is 39.2 Å². The van der Waals surface area contributed by atoms with Gasteiger partial charge >= 0.3 is 0 Å². The van der Waals surface area contributed by atoms with Crippen molar-refractivity contribution in [1.82, 2.24) is 15.3 Å². The normalized spacial score (nSPS) is 17.4. The maximum atomic E-state index is 12.5. The van der Waals surface area contributed by atoms with Gasteiger partial charge in [-0.25, -0.2) is 9.97 Å². The lowest BCUT2D eigenvalue weighted by molar-refractivity contribution is 0.0949. The molecule has 5 nitrogen and oxygen atoms in total. The van der Waals surface area contributed by atoms with E-state index >= 15 is 0 Å². The molecular formula is C20H26N4O. The minimum atomic E-state index is -0.132. The summed E-state index contributed by atoms with van der Waals surface area (Å²) >= 11 is 0. The zero-order chi connectivity index (χ0) is 17.6. The van der Waals surface area contributed by atoms with Gasteiger partial charge in [-0.2, -0.15) is 0 Å². The Hall–Kier alpha value is -2.43. The average molecular weight is 338 g/mol. The largest absolute Gasteiger partial charge is 0.350 e. The van der Waals surface area contributed by atoms with Gasteiger partial charge in [0.25, 0.3) is 5.91 Å². The average Bonchev–Trinajstić information content (AvgIpc) is 2.62. The summed E-state index contributed by atoms with van der Waals surface area (Å²) in [7, 11) is 0. The van der Waals surface area contributed by atoms with E-state index in [0.717, 1.165) is 31.6 Å². The van der Waals surface area contributed by atoms with Crippen molar-refractivity contribution < 1.29 is 4.79 Å². The van der Waals surface area contributed by atoms with Crippen LogP contribution in [0.2, 0.25) is 0 Å². The molecule has 1 unspecified atom stereocenters. The third kappa shape index (κ3) is 4.78. The molecule has 0 spiro atoms. The zero-order valence-corrected chi connectivity index (χ0v) is 15.0. The Balaban J connectivity index is 1.63. The summed E-state index contributed by atoms with van der Waals surface area (Å²) < 4.78 is 0. The van der Waals surface area contributed by atoms with Crippen molar-refractivity contribution in [2.45, 2.75) is 33.1 Å². The van der Waals surface area contributed by atoms with Gasteiger partial charge in [0, 0.05) is 25.3 Å². The van der Waals surface area contributed by atoms with E-state index in [4.69, 9.17) is 0 Å². The highest BCUT2D eigenvalue weighted by Gasteiger charge is 2.20. The molecule has 0 saturated carbocycles. The zero-order valence-electron chi connectivity index (χ0n) is 15.0. The molecule has 1 aromatic carbocycles. The number of amides is 1. The Kier molecular flexibility index (Phi) is 5.64. The van der Waals surface area contributed by atoms with Crippen molar-refractivity contribution in [2.75, 3.05) is 24.5 Å². The lowest BCUT2D eigenvalue weighted by atomic mass is 10.0. The van der Waals surface area contributed by atoms with Gasteiger partial charge in [-0.15, -0.1) is 0 Å². The first-order valence-corrected chi connectivity index (χ1v) is 9.04. The highest BCUT2D eigenvalue weighted by Crippen LogP contribution is 2.20. The number of hydrogen-bond donors (Lipinski definition) is 1. The molecule has 0 bridgehead atoms. The maximum absolute atomic E-state index is 12.5. The Morgan fingerprint density at radius 2 is 2.08 bits per heavy atom. The highest BCUT2D eigenvalue weighted by atomic mass is 16.1. The lowest BCUT2D eigenvalue weighted by Crippen LogP contribution is -2.36. The van der Waals surface area contributed by atoms with Gasteiger partial charge < -0.3 is 10.2 Å². The minimum Gasteiger partial charge on any atom is -0.350 e. The molecular weight excluding hydrogens is 312 g/mol. The molecule has 132 valence electrons. The van der Waals surface area contributed by atoms with Gasteiger partial charge in [0.2, 0.25) is 5.95 Å². The molecule has 2 aromatic rings. The van der Waals surface area contributed by atoms with Gasteiger partial charge in [0.15, 0.2) is 0 Å². The van der Waals surface area contributed by atoms with E-state index in [1.165, 1.54) is 12.0 Å². The van der Waals surface area contributed by atoms with Crippen molar-refractivity contribution in [3.05, 3.63) is 53.3 Å². The van der Waals surface area contributed by atoms with Crippen molar-refractivity contribution in [3.63, 3.8) is 0 Å². The summed E-state index contributed by atoms with van der Waals surface area (Å²) in [6.45, 7) is 6.68. The number of aryl methyl sites for hydroxylation is 1. The molecule has 0 radical (unpaired) electrons. The molecule has 1 fully saturated rings. The number of aromatic nitrogens is 2. The molecule has 1 aliphatic heterocycles. The minimum absolute atomic E-state index is 0.132. The van der Waals surface area contributed by atoms with Crippen molar-refractivity contribution >= 4 is 11.9 Å². The van der Waals surface area contributed by atoms with Gasteiger partial charge in [-0.3, -0.25) is 4.79 Å². The number of rotatable bonds is 5. The van der Waals surface area contributed by atoms with Crippen LogP contribution in [0.5, 0.6) is 0 Å². The van der Waals surface area contributed by atoms with Crippen LogP contribution in [0.4, 0.5) is 5.95 Å². The number of benzene rings is 1. The predicted molar refractivity (Wildman–Crippen MR) is 99.9 cm³/mol. The van der Waals surface area contributed by atoms with E-state index < -0.39 is 0 Å². The monoisotopic (exact) mass is 338 g/mol. The standard InChI is InChI=1S/C20H26N4O/c1-15-7-6-12-24(14-15)20-22-16(2)13-18(23-20)19(25)21-11-10-17-8-4-3-5-9-17/h3-5,8-9,13,15H,6-7,10-12,14H2,1-2H3,(H,21,25). The molecule has 1 aromatic heterocycles. The van der Waals surface area contributed by atoms with E-state index in [9.17, 15) is 4.79 Å². The third-order valence-electron chi connectivity index (χ3n) is 4.56. The number of carbonyl (C=O) groups is 1. The summed E-state index contributed by atoms with van der Waals surface area (Å²) in [6, 6.07) is 11.9. The number of piperidine rings is 1. The topological polar surface area (TPSA) is 58.1 Å². The van der Waals surface area contributed by atoms with Crippen LogP contribution in [0.1, 0.15) is 41.5 Å². The molecule has 5 heteroatoms. The molecule has 1 amide bonds. The van der Waals surface area contributed by atoms with Crippen LogP contribution in [-0.4, -0.2) is 35.5 Å². The van der Waals surface area contributed by atoms with E-state index in [-0.39, 0.29) is 5.91 Å². The van der Waals surface area contributed by atoms with Crippen molar-refractivity contribution in [3.8, 4) is 0 Å². The number of carbonyl (C=O) groups excluding carboxylic acids is 1. The van der Waals surface area contributed by atoms with Crippen LogP contribution >= 0.6 is 0 Å². The second-order valence-corrected chi connectivity index (χ2v) is 6.88. The van der Waals surface area contributed by atoms with Crippen LogP contribution in [0.15, 0.2) is 36.4 Å². The Morgan fingerprint density at radius 1 is 1.28 bits per heavy atom. The summed E-state index contributed by atoms with van der Waals surface area (Å²) in [5.74, 6) is 1.19. The van der Waals surface area contributed by atoms with Crippen LogP contribution in [0.3, 0.4) is 0 Å². The van der Waals surface area contributed by atoms with Gasteiger partial charge in [-0.1, -0.05) is 37.3 Å². The molecule has 3 rings (SSSR count). The first-order chi connectivity index (χ1) is 12.1. The predicted octanol–water partition coefficient (Wildman–Crippen LogP) is 2.99. The summed E-state index contributed by atoms with van der Waals surface area (Å²) in [5.41, 5.74) is 2.50. The Labute approximate surface area is 149 Å². The van der Waals surface area contributed by atoms with E-state index in [1.807, 2.05) is 25.1 Å². The molecule has 1 N–H and O–H groups in total. The Bertz CT molecular complexity index is 717. The van der Waals surface area contributed by atoms with Gasteiger partial charge in [-0.05, 0) is 43.7 Å². The smallest absolute Gasteiger partial charge is 0.270 e. The summed E-state index contributed by atoms with van der Waals surface area (Å²) in [5, 5.41) is 2.97. The molecule has 25 heavy (non-hydrogen) atoms. The van der Waals surface area contributed by atoms with Crippen molar-refractivity contribution in [1.29, 1.82) is 0 Å². The first-order valence-electron chi connectivity index (χ1n) is 9.04. The lowest BCUT2D eigenvalue weighted by Gasteiger charge is -2.31. The molecule has 1 aliphatic rings. The van der Waals surface area contributed by atoms with Crippen LogP contribution in [0.25, 0.3) is 0 Å². The first kappa shape index (κ1) is 17.4. The SMILES string of the molecule is Cc1cc(C(=O)NCCc2ccccc2)nc(N2CCCC(C)C2)n1. The van der Waals surface area contributed by atoms with Gasteiger partial charge in [0.1, 0.15) is 5.69 Å². The third-order valence-corrected chi connectivity index (χ3v) is 4.56. The Morgan fingerprint density at radius 3 is 2.84 bits per heavy atom. The fraction of sp³-hybridized carbons (Fsp3) is 0.450. The van der Waals surface area contributed by atoms with Crippen molar-refractivity contribution in [2.24, 2.45) is 5.92 Å². The summed E-state index contributed by atoms with van der Waals surface area (Å²) in [6.07, 6.45) is 3.21. The second kappa shape index (κ2) is 8.10. The highest BCUT2D eigenvalue weighted by molar-refractivity contribution is 5.92. The van der Waals surface area contributed by atoms with Crippen LogP contribution < -0.4 is 10.2 Å². The van der Waals surface area contributed by atoms with E-state index in [0.29, 0.717) is 24.1 Å². The van der Waals surface area contributed by atoms with Crippen LogP contribution in [-0.2, 0) is 6.42 Å². The van der Waals surface area contributed by atoms with Gasteiger partial charge in [0.05, 0.1) is 0 Å². The molecule has 1 atom stereocenters. The number of nitrogens with one attached hydrogen (secondary N) is 1. The summed E-state index contributed by atoms with van der Waals surface area (Å²) in [4.78, 5) is 23.7. The quantitative estimate of drug-likeness (QED) is 0.910. The second-order valence-electron chi connectivity index (χ2n) is 6.88. The number of hydrogen-bond acceptors (Lipinski definition) is 4. The van der Waals surface area contributed by atoms with Crippen LogP contribution in [0, 0.1) is 12.8 Å². The number of nitrogens with zero attached hydrogens (tertiary/aromatic N) is 3. The molecule has 0 aliphatic carbocycles. The fourth-order valence-electron chi connectivity index (χ4n) is 3.24. The molecule has 2 heterocycles. The number of anilines is 1. The van der Waals surface area contributed by atoms with E-state index in [1.54, 1.807) is 6.07 Å². The maximum Gasteiger partial charge on any atom is 0.270 e. The molecule has 1 saturated heterocycles. The fourth-order valence-corrected chi connectivity index (χ4v) is 3.24.